The van der Waals surface area contributed by atoms with Crippen LogP contribution < -0.4 is 21.5 Å². The van der Waals surface area contributed by atoms with E-state index in [-0.39, 0.29) is 0 Å². The van der Waals surface area contributed by atoms with Gasteiger partial charge in [0.2, 0.25) is 5.91 Å². The van der Waals surface area contributed by atoms with Crippen molar-refractivity contribution >= 4 is 28.2 Å². The number of benzene rings is 2. The summed E-state index contributed by atoms with van der Waals surface area (Å²) >= 11 is 0. The molecule has 0 radical (unpaired) electrons. The second-order valence-electron chi connectivity index (χ2n) is 6.51. The number of fused-ring (bicyclic) bond motifs is 1. The normalized spacial score (nSPS) is 12.0. The molecule has 1 amide bonds. The van der Waals surface area contributed by atoms with Gasteiger partial charge in [0.05, 0.1) is 10.9 Å². The van der Waals surface area contributed by atoms with Crippen LogP contribution in [0, 0.1) is 0 Å². The van der Waals surface area contributed by atoms with Crippen LogP contribution in [-0.2, 0) is 4.79 Å². The maximum atomic E-state index is 12.8. The molecule has 0 aliphatic heterocycles. The van der Waals surface area contributed by atoms with E-state index in [0.29, 0.717) is 23.0 Å². The molecule has 1 aromatic heterocycles. The third-order valence-electron chi connectivity index (χ3n) is 4.49. The van der Waals surface area contributed by atoms with E-state index in [1.807, 2.05) is 31.1 Å². The van der Waals surface area contributed by atoms with Gasteiger partial charge in [0.1, 0.15) is 6.04 Å². The van der Waals surface area contributed by atoms with Crippen molar-refractivity contribution in [3.8, 4) is 0 Å². The number of anilines is 2. The number of hydrogen-bond acceptors (Lipinski definition) is 4. The smallest absolute Gasteiger partial charge is 0.329 e. The maximum Gasteiger partial charge on any atom is 0.329 e. The Labute approximate surface area is 156 Å². The number of amides is 1. The number of para-hydroxylation sites is 1. The highest BCUT2D eigenvalue weighted by Gasteiger charge is 2.23. The average Bonchev–Trinajstić information content (AvgIpc) is 2.65. The molecule has 0 aliphatic rings. The summed E-state index contributed by atoms with van der Waals surface area (Å²) in [7, 11) is 3.86. The second kappa shape index (κ2) is 7.49. The fourth-order valence-electron chi connectivity index (χ4n) is 3.01. The summed E-state index contributed by atoms with van der Waals surface area (Å²) in [6.45, 7) is 1.76. The van der Waals surface area contributed by atoms with Crippen LogP contribution >= 0.6 is 0 Å². The third-order valence-corrected chi connectivity index (χ3v) is 4.49. The van der Waals surface area contributed by atoms with E-state index in [4.69, 9.17) is 0 Å². The van der Waals surface area contributed by atoms with Crippen molar-refractivity contribution < 1.29 is 4.79 Å². The first-order valence-electron chi connectivity index (χ1n) is 8.74. The van der Waals surface area contributed by atoms with E-state index >= 15 is 0 Å². The number of nitrogens with one attached hydrogen (secondary N) is 2. The van der Waals surface area contributed by atoms with Crippen LogP contribution in [0.1, 0.15) is 19.4 Å². The van der Waals surface area contributed by atoms with Gasteiger partial charge in [0.25, 0.3) is 5.56 Å². The lowest BCUT2D eigenvalue weighted by Gasteiger charge is -2.18. The molecule has 1 atom stereocenters. The molecular weight excluding hydrogens is 344 g/mol. The van der Waals surface area contributed by atoms with Crippen molar-refractivity contribution in [2.24, 2.45) is 0 Å². The number of aromatic amines is 1. The largest absolute Gasteiger partial charge is 0.378 e. The molecule has 0 spiro atoms. The average molecular weight is 366 g/mol. The molecule has 1 unspecified atom stereocenters. The summed E-state index contributed by atoms with van der Waals surface area (Å²) in [4.78, 5) is 42.6. The van der Waals surface area contributed by atoms with Crippen LogP contribution in [0.5, 0.6) is 0 Å². The Balaban J connectivity index is 1.95. The van der Waals surface area contributed by atoms with Crippen molar-refractivity contribution in [1.82, 2.24) is 9.55 Å². The number of hydrogen-bond donors (Lipinski definition) is 2. The number of rotatable bonds is 5. The minimum Gasteiger partial charge on any atom is -0.378 e. The topological polar surface area (TPSA) is 87.2 Å². The third kappa shape index (κ3) is 3.62. The zero-order chi connectivity index (χ0) is 19.6. The van der Waals surface area contributed by atoms with E-state index in [2.05, 4.69) is 10.3 Å². The lowest BCUT2D eigenvalue weighted by molar-refractivity contribution is -0.119. The minimum absolute atomic E-state index is 0.308. The fraction of sp³-hybridized carbons (Fsp3) is 0.250. The molecule has 0 bridgehead atoms. The highest BCUT2D eigenvalue weighted by Crippen LogP contribution is 2.18. The molecule has 7 nitrogen and oxygen atoms in total. The molecule has 0 saturated carbocycles. The molecule has 0 fully saturated rings. The van der Waals surface area contributed by atoms with Gasteiger partial charge in [-0.3, -0.25) is 9.59 Å². The standard InChI is InChI=1S/C20H22N4O3/c1-4-17(18(25)21-13-9-11-14(12-10-13)23(2)3)24-19(26)15-7-5-6-8-16(15)22-20(24)27/h5-12,17H,4H2,1-3H3,(H,21,25)(H,22,27). The summed E-state index contributed by atoms with van der Waals surface area (Å²) in [5, 5.41) is 3.16. The van der Waals surface area contributed by atoms with Crippen LogP contribution in [0.25, 0.3) is 10.9 Å². The lowest BCUT2D eigenvalue weighted by Crippen LogP contribution is -2.42. The first-order chi connectivity index (χ1) is 12.9. The Morgan fingerprint density at radius 2 is 1.78 bits per heavy atom. The number of carbonyl (C=O) groups is 1. The minimum atomic E-state index is -0.903. The molecule has 2 aromatic carbocycles. The van der Waals surface area contributed by atoms with E-state index in [9.17, 15) is 14.4 Å². The zero-order valence-electron chi connectivity index (χ0n) is 15.5. The fourth-order valence-corrected chi connectivity index (χ4v) is 3.01. The van der Waals surface area contributed by atoms with Crippen molar-refractivity contribution in [1.29, 1.82) is 0 Å². The van der Waals surface area contributed by atoms with Gasteiger partial charge >= 0.3 is 5.69 Å². The van der Waals surface area contributed by atoms with E-state index in [1.54, 1.807) is 43.3 Å². The first kappa shape index (κ1) is 18.4. The number of H-pyrrole nitrogens is 1. The Bertz CT molecular complexity index is 1080. The highest BCUT2D eigenvalue weighted by molar-refractivity contribution is 5.94. The van der Waals surface area contributed by atoms with Gasteiger partial charge in [-0.25, -0.2) is 9.36 Å². The molecule has 3 rings (SSSR count). The molecule has 140 valence electrons. The molecule has 0 aliphatic carbocycles. The molecule has 1 heterocycles. The summed E-state index contributed by atoms with van der Waals surface area (Å²) < 4.78 is 0.992. The van der Waals surface area contributed by atoms with E-state index in [0.717, 1.165) is 10.3 Å². The summed E-state index contributed by atoms with van der Waals surface area (Å²) in [6, 6.07) is 13.2. The number of aromatic nitrogens is 2. The van der Waals surface area contributed by atoms with Crippen molar-refractivity contribution in [3.05, 3.63) is 69.4 Å². The predicted octanol–water partition coefficient (Wildman–Crippen LogP) is 2.35. The highest BCUT2D eigenvalue weighted by atomic mass is 16.2. The number of nitrogens with zero attached hydrogens (tertiary/aromatic N) is 2. The van der Waals surface area contributed by atoms with Gasteiger partial charge in [-0.2, -0.15) is 0 Å². The van der Waals surface area contributed by atoms with Crippen LogP contribution in [0.4, 0.5) is 11.4 Å². The molecule has 0 saturated heterocycles. The van der Waals surface area contributed by atoms with Crippen LogP contribution in [0.3, 0.4) is 0 Å². The molecular formula is C20H22N4O3. The van der Waals surface area contributed by atoms with Crippen molar-refractivity contribution in [3.63, 3.8) is 0 Å². The molecule has 27 heavy (non-hydrogen) atoms. The van der Waals surface area contributed by atoms with Crippen LogP contribution in [0.2, 0.25) is 0 Å². The maximum absolute atomic E-state index is 12.8. The molecule has 2 N–H and O–H groups in total. The second-order valence-corrected chi connectivity index (χ2v) is 6.51. The zero-order valence-corrected chi connectivity index (χ0v) is 15.5. The molecule has 3 aromatic rings. The van der Waals surface area contributed by atoms with Gasteiger partial charge in [0.15, 0.2) is 0 Å². The predicted molar refractivity (Wildman–Crippen MR) is 108 cm³/mol. The molecule has 7 heteroatoms. The summed E-state index contributed by atoms with van der Waals surface area (Å²) in [5.74, 6) is -0.405. The summed E-state index contributed by atoms with van der Waals surface area (Å²) in [5.41, 5.74) is 0.998. The number of carbonyl (C=O) groups excluding carboxylic acids is 1. The van der Waals surface area contributed by atoms with E-state index < -0.39 is 23.2 Å². The Hall–Kier alpha value is -3.35. The van der Waals surface area contributed by atoms with Gasteiger partial charge in [-0.1, -0.05) is 19.1 Å². The van der Waals surface area contributed by atoms with Crippen LogP contribution in [0.15, 0.2) is 58.1 Å². The van der Waals surface area contributed by atoms with Gasteiger partial charge in [-0.15, -0.1) is 0 Å². The lowest BCUT2D eigenvalue weighted by atomic mass is 10.1. The Morgan fingerprint density at radius 3 is 2.41 bits per heavy atom. The first-order valence-corrected chi connectivity index (χ1v) is 8.74. The van der Waals surface area contributed by atoms with Crippen molar-refractivity contribution in [2.45, 2.75) is 19.4 Å². The monoisotopic (exact) mass is 366 g/mol. The van der Waals surface area contributed by atoms with Gasteiger partial charge < -0.3 is 15.2 Å². The van der Waals surface area contributed by atoms with Gasteiger partial charge in [0, 0.05) is 25.5 Å². The SMILES string of the molecule is CCC(C(=O)Nc1ccc(N(C)C)cc1)n1c(=O)[nH]c2ccccc2c1=O. The summed E-state index contributed by atoms with van der Waals surface area (Å²) in [6.07, 6.45) is 0.308. The Morgan fingerprint density at radius 1 is 1.11 bits per heavy atom. The van der Waals surface area contributed by atoms with Gasteiger partial charge in [-0.05, 0) is 42.8 Å². The van der Waals surface area contributed by atoms with E-state index in [1.165, 1.54) is 0 Å². The van der Waals surface area contributed by atoms with Crippen molar-refractivity contribution in [2.75, 3.05) is 24.3 Å². The Kier molecular flexibility index (Phi) is 5.12. The quantitative estimate of drug-likeness (QED) is 0.726. The van der Waals surface area contributed by atoms with Crippen LogP contribution in [-0.4, -0.2) is 29.6 Å².